The summed E-state index contributed by atoms with van der Waals surface area (Å²) in [6.45, 7) is 4.81. The van der Waals surface area contributed by atoms with E-state index in [1.165, 1.54) is 6.42 Å². The van der Waals surface area contributed by atoms with Crippen molar-refractivity contribution in [3.63, 3.8) is 0 Å². The Balaban J connectivity index is 1.47. The Labute approximate surface area is 236 Å². The van der Waals surface area contributed by atoms with Crippen LogP contribution in [0.25, 0.3) is 0 Å². The molecule has 1 N–H and O–H groups in total. The van der Waals surface area contributed by atoms with Gasteiger partial charge in [-0.25, -0.2) is 4.58 Å². The molecule has 3 saturated carbocycles. The van der Waals surface area contributed by atoms with E-state index < -0.39 is 21.5 Å². The Morgan fingerprint density at radius 3 is 2.42 bits per heavy atom. The van der Waals surface area contributed by atoms with Gasteiger partial charge in [0.25, 0.3) is 10.1 Å². The molecule has 0 bridgehead atoms. The molecule has 11 heteroatoms. The molecule has 4 aliphatic rings. The lowest BCUT2D eigenvalue weighted by molar-refractivity contribution is -0.558. The number of thioether (sulfide) groups is 1. The first-order valence-corrected chi connectivity index (χ1v) is 17.8. The van der Waals surface area contributed by atoms with Gasteiger partial charge in [0.1, 0.15) is 5.75 Å². The second-order valence-electron chi connectivity index (χ2n) is 12.2. The summed E-state index contributed by atoms with van der Waals surface area (Å²) in [5.74, 6) is 1.14. The maximum absolute atomic E-state index is 12.9. The van der Waals surface area contributed by atoms with Gasteiger partial charge in [0.05, 0.1) is 17.5 Å². The minimum Gasteiger partial charge on any atom is -0.306 e. The first-order chi connectivity index (χ1) is 18.0. The third kappa shape index (κ3) is 8.60. The zero-order valence-electron chi connectivity index (χ0n) is 23.4. The molecule has 0 spiro atoms. The first kappa shape index (κ1) is 30.7. The average molecular weight is 592 g/mol. The molecule has 7 atom stereocenters. The van der Waals surface area contributed by atoms with Crippen LogP contribution in [0.2, 0.25) is 0 Å². The monoisotopic (exact) mass is 591 g/mol. The predicted octanol–water partition coefficient (Wildman–Crippen LogP) is 4.43. The molecule has 0 amide bonds. The normalized spacial score (nSPS) is 37.6. The van der Waals surface area contributed by atoms with Gasteiger partial charge in [-0.05, 0) is 95.5 Å². The third-order valence-corrected chi connectivity index (χ3v) is 12.0. The van der Waals surface area contributed by atoms with Crippen molar-refractivity contribution in [2.45, 2.75) is 108 Å². The lowest BCUT2D eigenvalue weighted by Crippen LogP contribution is -2.41. The van der Waals surface area contributed by atoms with Crippen LogP contribution in [-0.4, -0.2) is 87.6 Å². The lowest BCUT2D eigenvalue weighted by Gasteiger charge is -2.37. The smallest absolute Gasteiger partial charge is 0.305 e. The zero-order valence-corrected chi connectivity index (χ0v) is 25.8. The molecule has 3 fully saturated rings. The highest BCUT2D eigenvalue weighted by Gasteiger charge is 2.45. The van der Waals surface area contributed by atoms with Gasteiger partial charge >= 0.3 is 11.4 Å². The van der Waals surface area contributed by atoms with E-state index in [1.54, 1.807) is 0 Å². The summed E-state index contributed by atoms with van der Waals surface area (Å²) in [5, 5.41) is 1.52. The van der Waals surface area contributed by atoms with Crippen molar-refractivity contribution >= 4 is 38.3 Å². The minimum absolute atomic E-state index is 0.00167. The van der Waals surface area contributed by atoms with Crippen molar-refractivity contribution in [2.24, 2.45) is 17.8 Å². The maximum atomic E-state index is 12.9. The Hall–Kier alpha value is -0.300. The molecule has 218 valence electrons. The molecule has 38 heavy (non-hydrogen) atoms. The van der Waals surface area contributed by atoms with E-state index in [2.05, 4.69) is 49.6 Å². The van der Waals surface area contributed by atoms with Crippen molar-refractivity contribution in [3.05, 3.63) is 12.2 Å². The van der Waals surface area contributed by atoms with E-state index in [0.29, 0.717) is 35.7 Å². The standard InChI is InChI=1S/C27H46N2O6S3/c1-19-5-11-23(12-6-19)34-37(30)35-25-18-22(28(3)4)10-8-21(25)9-14-27-29(15-16-38(31,32)33)24-17-20(2)7-13-26(24)36-27/h9,14,19-26H,5-8,10-13,15-18H2,1-4H3/p+1/b14-9+. The van der Waals surface area contributed by atoms with E-state index in [9.17, 15) is 17.2 Å². The predicted molar refractivity (Wildman–Crippen MR) is 154 cm³/mol. The fourth-order valence-corrected chi connectivity index (χ4v) is 9.31. The van der Waals surface area contributed by atoms with Crippen molar-refractivity contribution in [1.82, 2.24) is 4.90 Å². The summed E-state index contributed by atoms with van der Waals surface area (Å²) in [4.78, 5) is 2.22. The van der Waals surface area contributed by atoms with Crippen molar-refractivity contribution in [3.8, 4) is 0 Å². The number of nitrogens with zero attached hydrogens (tertiary/aromatic N) is 2. The van der Waals surface area contributed by atoms with E-state index in [0.717, 1.165) is 62.8 Å². The Bertz CT molecular complexity index is 993. The lowest BCUT2D eigenvalue weighted by atomic mass is 9.83. The molecule has 1 aliphatic heterocycles. The van der Waals surface area contributed by atoms with Crippen molar-refractivity contribution in [2.75, 3.05) is 26.4 Å². The summed E-state index contributed by atoms with van der Waals surface area (Å²) in [7, 11) is 0.123. The van der Waals surface area contributed by atoms with E-state index >= 15 is 0 Å². The highest BCUT2D eigenvalue weighted by Crippen LogP contribution is 2.40. The molecule has 0 saturated heterocycles. The molecule has 8 nitrogen and oxygen atoms in total. The van der Waals surface area contributed by atoms with Crippen LogP contribution in [0.1, 0.15) is 78.1 Å². The minimum atomic E-state index is -4.03. The Morgan fingerprint density at radius 1 is 1.03 bits per heavy atom. The molecule has 0 aromatic heterocycles. The van der Waals surface area contributed by atoms with Gasteiger partial charge in [0.15, 0.2) is 12.6 Å². The summed E-state index contributed by atoms with van der Waals surface area (Å²) >= 11 is 0.0533. The van der Waals surface area contributed by atoms with Crippen LogP contribution in [0.15, 0.2) is 12.2 Å². The quantitative estimate of drug-likeness (QED) is 0.294. The van der Waals surface area contributed by atoms with Crippen LogP contribution < -0.4 is 0 Å². The molecule has 7 unspecified atom stereocenters. The van der Waals surface area contributed by atoms with E-state index in [-0.39, 0.29) is 23.9 Å². The van der Waals surface area contributed by atoms with Crippen LogP contribution in [-0.2, 0) is 29.8 Å². The van der Waals surface area contributed by atoms with Gasteiger partial charge in [0.2, 0.25) is 5.04 Å². The third-order valence-electron chi connectivity index (χ3n) is 8.97. The van der Waals surface area contributed by atoms with Crippen molar-refractivity contribution in [1.29, 1.82) is 0 Å². The topological polar surface area (TPSA) is 96.2 Å². The maximum Gasteiger partial charge on any atom is 0.305 e. The number of rotatable bonds is 10. The van der Waals surface area contributed by atoms with E-state index in [1.807, 2.05) is 11.8 Å². The van der Waals surface area contributed by atoms with Gasteiger partial charge in [-0.15, -0.1) is 0 Å². The largest absolute Gasteiger partial charge is 0.306 e. The summed E-state index contributed by atoms with van der Waals surface area (Å²) in [6.07, 6.45) is 14.3. The molecule has 0 aromatic carbocycles. The zero-order chi connectivity index (χ0) is 27.4. The van der Waals surface area contributed by atoms with Gasteiger partial charge < -0.3 is 4.90 Å². The highest BCUT2D eigenvalue weighted by molar-refractivity contribution is 8.14. The summed E-state index contributed by atoms with van der Waals surface area (Å²) in [5.41, 5.74) is 0. The van der Waals surface area contributed by atoms with Crippen LogP contribution in [0.5, 0.6) is 0 Å². The fourth-order valence-electron chi connectivity index (χ4n) is 6.50. The molecule has 1 heterocycles. The molecule has 0 aromatic rings. The molecular weight excluding hydrogens is 545 g/mol. The molecule has 4 rings (SSSR count). The number of fused-ring (bicyclic) bond motifs is 1. The van der Waals surface area contributed by atoms with Crippen LogP contribution in [0.3, 0.4) is 0 Å². The van der Waals surface area contributed by atoms with E-state index in [4.69, 9.17) is 8.37 Å². The van der Waals surface area contributed by atoms with Crippen LogP contribution in [0, 0.1) is 17.8 Å². The van der Waals surface area contributed by atoms with Crippen molar-refractivity contribution < 1.29 is 30.1 Å². The molecular formula is C27H47N2O6S3+. The van der Waals surface area contributed by atoms with Gasteiger partial charge in [-0.3, -0.25) is 12.9 Å². The summed E-state index contributed by atoms with van der Waals surface area (Å²) in [6, 6.07) is 0.655. The molecule has 0 radical (unpaired) electrons. The van der Waals surface area contributed by atoms with Gasteiger partial charge in [-0.1, -0.05) is 19.9 Å². The van der Waals surface area contributed by atoms with Gasteiger partial charge in [0, 0.05) is 24.5 Å². The van der Waals surface area contributed by atoms with Crippen LogP contribution >= 0.6 is 11.8 Å². The fraction of sp³-hybridized carbons (Fsp3) is 0.889. The Morgan fingerprint density at radius 2 is 1.74 bits per heavy atom. The molecule has 3 aliphatic carbocycles. The highest BCUT2D eigenvalue weighted by atomic mass is 32.2. The Kier molecular flexibility index (Phi) is 11.0. The summed E-state index contributed by atoms with van der Waals surface area (Å²) < 4.78 is 59.5. The number of hydrogen-bond acceptors (Lipinski definition) is 7. The van der Waals surface area contributed by atoms with Gasteiger partial charge in [-0.2, -0.15) is 12.6 Å². The van der Waals surface area contributed by atoms with Crippen LogP contribution in [0.4, 0.5) is 0 Å². The number of hydrogen-bond donors (Lipinski definition) is 1. The SMILES string of the molecule is CC1CCC(OS(=O)OC2CC(N(C)C)CCC2/C=C/C2=[N+](CCS(=O)(=O)O)C3CC(C)CCC3S2)CC1. The first-order valence-electron chi connectivity index (χ1n) is 14.3. The second kappa shape index (κ2) is 13.6. The second-order valence-corrected chi connectivity index (χ2v) is 15.9. The average Bonchev–Trinajstić information content (AvgIpc) is 3.19.